The predicted octanol–water partition coefficient (Wildman–Crippen LogP) is 1.45. The lowest BCUT2D eigenvalue weighted by Gasteiger charge is -2.06. The molecule has 0 fully saturated rings. The lowest BCUT2D eigenvalue weighted by atomic mass is 10.2. The Hall–Kier alpha value is -1.48. The number of hydrogen-bond donors (Lipinski definition) is 2. The van der Waals surface area contributed by atoms with Gasteiger partial charge in [0.1, 0.15) is 6.61 Å². The van der Waals surface area contributed by atoms with Crippen LogP contribution in [-0.4, -0.2) is 16.8 Å². The zero-order valence-corrected chi connectivity index (χ0v) is 7.23. The lowest BCUT2D eigenvalue weighted by molar-refractivity contribution is 0.279. The first-order chi connectivity index (χ1) is 6.27. The van der Waals surface area contributed by atoms with Gasteiger partial charge in [0.05, 0.1) is 6.61 Å². The largest absolute Gasteiger partial charge is 0.504 e. The summed E-state index contributed by atoms with van der Waals surface area (Å²) in [5.74, 6) is 0.436. The zero-order valence-electron chi connectivity index (χ0n) is 7.23. The third-order valence-electron chi connectivity index (χ3n) is 1.56. The molecule has 0 amide bonds. The molecule has 0 radical (unpaired) electrons. The summed E-state index contributed by atoms with van der Waals surface area (Å²) >= 11 is 0. The average Bonchev–Trinajstić information content (AvgIpc) is 2.17. The van der Waals surface area contributed by atoms with Crippen molar-refractivity contribution < 1.29 is 14.9 Å². The topological polar surface area (TPSA) is 49.7 Å². The van der Waals surface area contributed by atoms with Gasteiger partial charge in [-0.25, -0.2) is 0 Å². The van der Waals surface area contributed by atoms with Gasteiger partial charge in [-0.1, -0.05) is 18.7 Å². The molecule has 0 aliphatic carbocycles. The third-order valence-corrected chi connectivity index (χ3v) is 1.56. The Labute approximate surface area is 76.9 Å². The Balaban J connectivity index is 2.83. The molecule has 0 aromatic heterocycles. The second kappa shape index (κ2) is 4.52. The molecular formula is C10H12O3. The van der Waals surface area contributed by atoms with Crippen LogP contribution in [0.5, 0.6) is 11.5 Å². The van der Waals surface area contributed by atoms with Crippen molar-refractivity contribution in [3.05, 3.63) is 36.4 Å². The third kappa shape index (κ3) is 2.49. The van der Waals surface area contributed by atoms with E-state index in [1.165, 1.54) is 6.07 Å². The first kappa shape index (κ1) is 9.61. The molecule has 0 aliphatic rings. The fourth-order valence-corrected chi connectivity index (χ4v) is 0.921. The summed E-state index contributed by atoms with van der Waals surface area (Å²) in [6, 6.07) is 4.72. The molecule has 0 saturated carbocycles. The molecule has 0 bridgehead atoms. The Morgan fingerprint density at radius 3 is 2.85 bits per heavy atom. The van der Waals surface area contributed by atoms with Crippen LogP contribution in [0.25, 0.3) is 0 Å². The molecule has 0 spiro atoms. The van der Waals surface area contributed by atoms with Crippen molar-refractivity contribution in [2.24, 2.45) is 0 Å². The number of hydrogen-bond acceptors (Lipinski definition) is 3. The van der Waals surface area contributed by atoms with Gasteiger partial charge >= 0.3 is 0 Å². The molecule has 70 valence electrons. The maximum Gasteiger partial charge on any atom is 0.161 e. The average molecular weight is 180 g/mol. The molecule has 0 unspecified atom stereocenters. The molecule has 0 heterocycles. The van der Waals surface area contributed by atoms with Crippen LogP contribution in [-0.2, 0) is 6.61 Å². The van der Waals surface area contributed by atoms with Crippen LogP contribution in [0, 0.1) is 0 Å². The van der Waals surface area contributed by atoms with E-state index >= 15 is 0 Å². The summed E-state index contributed by atoms with van der Waals surface area (Å²) < 4.78 is 5.15. The number of aromatic hydroxyl groups is 1. The highest BCUT2D eigenvalue weighted by molar-refractivity contribution is 5.41. The number of phenols is 1. The van der Waals surface area contributed by atoms with Crippen LogP contribution in [0.4, 0.5) is 0 Å². The molecule has 1 aromatic carbocycles. The second-order valence-corrected chi connectivity index (χ2v) is 2.56. The van der Waals surface area contributed by atoms with Crippen LogP contribution in [0.2, 0.25) is 0 Å². The van der Waals surface area contributed by atoms with Crippen molar-refractivity contribution in [1.29, 1.82) is 0 Å². The molecular weight excluding hydrogens is 168 g/mol. The van der Waals surface area contributed by atoms with Gasteiger partial charge in [-0.05, 0) is 17.7 Å². The van der Waals surface area contributed by atoms with Crippen molar-refractivity contribution >= 4 is 0 Å². The van der Waals surface area contributed by atoms with Crippen molar-refractivity contribution in [2.45, 2.75) is 6.61 Å². The minimum absolute atomic E-state index is 0.0648. The highest BCUT2D eigenvalue weighted by Crippen LogP contribution is 2.26. The normalized spacial score (nSPS) is 9.62. The van der Waals surface area contributed by atoms with Crippen LogP contribution in [0.1, 0.15) is 5.56 Å². The number of ether oxygens (including phenoxy) is 1. The van der Waals surface area contributed by atoms with Crippen molar-refractivity contribution in [2.75, 3.05) is 6.61 Å². The summed E-state index contributed by atoms with van der Waals surface area (Å²) in [5, 5.41) is 18.1. The van der Waals surface area contributed by atoms with Crippen LogP contribution >= 0.6 is 0 Å². The van der Waals surface area contributed by atoms with E-state index < -0.39 is 0 Å². The van der Waals surface area contributed by atoms with E-state index in [0.29, 0.717) is 17.9 Å². The highest BCUT2D eigenvalue weighted by Gasteiger charge is 2.02. The van der Waals surface area contributed by atoms with E-state index in [4.69, 9.17) is 9.84 Å². The van der Waals surface area contributed by atoms with E-state index in [2.05, 4.69) is 6.58 Å². The van der Waals surface area contributed by atoms with Crippen molar-refractivity contribution in [3.63, 3.8) is 0 Å². The molecule has 13 heavy (non-hydrogen) atoms. The maximum atomic E-state index is 9.32. The standard InChI is InChI=1S/C10H12O3/c1-2-5-13-10-6-8(7-11)3-4-9(10)12/h2-4,6,11-12H,1,5,7H2. The molecule has 0 atom stereocenters. The number of phenolic OH excluding ortho intramolecular Hbond substituents is 1. The second-order valence-electron chi connectivity index (χ2n) is 2.56. The van der Waals surface area contributed by atoms with Crippen LogP contribution in [0.3, 0.4) is 0 Å². The number of aliphatic hydroxyl groups is 1. The van der Waals surface area contributed by atoms with Gasteiger partial charge in [0.15, 0.2) is 11.5 Å². The van der Waals surface area contributed by atoms with Gasteiger partial charge < -0.3 is 14.9 Å². The lowest BCUT2D eigenvalue weighted by Crippen LogP contribution is -1.94. The summed E-state index contributed by atoms with van der Waals surface area (Å²) in [6.07, 6.45) is 1.59. The predicted molar refractivity (Wildman–Crippen MR) is 49.7 cm³/mol. The molecule has 3 heteroatoms. The summed E-state index contributed by atoms with van der Waals surface area (Å²) in [6.45, 7) is 3.76. The monoisotopic (exact) mass is 180 g/mol. The summed E-state index contributed by atoms with van der Waals surface area (Å²) in [7, 11) is 0. The molecule has 0 saturated heterocycles. The van der Waals surface area contributed by atoms with Crippen LogP contribution < -0.4 is 4.74 Å². The number of benzene rings is 1. The van der Waals surface area contributed by atoms with E-state index in [-0.39, 0.29) is 12.4 Å². The smallest absolute Gasteiger partial charge is 0.161 e. The van der Waals surface area contributed by atoms with Gasteiger partial charge in [-0.15, -0.1) is 0 Å². The van der Waals surface area contributed by atoms with Gasteiger partial charge in [-0.3, -0.25) is 0 Å². The van der Waals surface area contributed by atoms with E-state index in [1.54, 1.807) is 18.2 Å². The van der Waals surface area contributed by atoms with Gasteiger partial charge in [-0.2, -0.15) is 0 Å². The molecule has 0 aliphatic heterocycles. The van der Waals surface area contributed by atoms with E-state index in [9.17, 15) is 5.11 Å². The van der Waals surface area contributed by atoms with E-state index in [1.807, 2.05) is 0 Å². The van der Waals surface area contributed by atoms with Crippen molar-refractivity contribution in [3.8, 4) is 11.5 Å². The Morgan fingerprint density at radius 1 is 1.46 bits per heavy atom. The van der Waals surface area contributed by atoms with Crippen LogP contribution in [0.15, 0.2) is 30.9 Å². The maximum absolute atomic E-state index is 9.32. The molecule has 1 aromatic rings. The SMILES string of the molecule is C=CCOc1cc(CO)ccc1O. The Bertz CT molecular complexity index is 294. The molecule has 3 nitrogen and oxygen atoms in total. The fraction of sp³-hybridized carbons (Fsp3) is 0.200. The summed E-state index contributed by atoms with van der Waals surface area (Å²) in [5.41, 5.74) is 0.705. The van der Waals surface area contributed by atoms with Gasteiger partial charge in [0, 0.05) is 0 Å². The first-order valence-electron chi connectivity index (χ1n) is 3.94. The number of rotatable bonds is 4. The Morgan fingerprint density at radius 2 is 2.23 bits per heavy atom. The van der Waals surface area contributed by atoms with Crippen molar-refractivity contribution in [1.82, 2.24) is 0 Å². The molecule has 2 N–H and O–H groups in total. The molecule has 1 rings (SSSR count). The minimum atomic E-state index is -0.0648. The Kier molecular flexibility index (Phi) is 3.34. The highest BCUT2D eigenvalue weighted by atomic mass is 16.5. The van der Waals surface area contributed by atoms with Gasteiger partial charge in [0.25, 0.3) is 0 Å². The van der Waals surface area contributed by atoms with E-state index in [0.717, 1.165) is 0 Å². The zero-order chi connectivity index (χ0) is 9.68. The minimum Gasteiger partial charge on any atom is -0.504 e. The first-order valence-corrected chi connectivity index (χ1v) is 3.94. The van der Waals surface area contributed by atoms with Gasteiger partial charge in [0.2, 0.25) is 0 Å². The number of aliphatic hydroxyl groups excluding tert-OH is 1. The fourth-order valence-electron chi connectivity index (χ4n) is 0.921. The quantitative estimate of drug-likeness (QED) is 0.689. The summed E-state index contributed by atoms with van der Waals surface area (Å²) in [4.78, 5) is 0.